The molecule has 0 radical (unpaired) electrons. The topological polar surface area (TPSA) is 61.4 Å². The van der Waals surface area contributed by atoms with E-state index in [1.807, 2.05) is 18.4 Å². The molecule has 20 heavy (non-hydrogen) atoms. The summed E-state index contributed by atoms with van der Waals surface area (Å²) in [5.74, 6) is 0. The highest BCUT2D eigenvalue weighted by Gasteiger charge is 2.21. The second-order valence-electron chi connectivity index (χ2n) is 4.50. The van der Waals surface area contributed by atoms with Crippen LogP contribution in [0, 0.1) is 0 Å². The standard InChI is InChI=1S/C13H25N3O2S2/c1-4-9-14-20(17,18)15-11-12(16(5-2)6-3)13-8-7-10-19-13/h7-8,10,12,14-15H,4-6,9,11H2,1-3H3. The summed E-state index contributed by atoms with van der Waals surface area (Å²) < 4.78 is 28.8. The molecule has 1 rings (SSSR count). The SMILES string of the molecule is CCCNS(=O)(=O)NCC(c1cccs1)N(CC)CC. The zero-order valence-electron chi connectivity index (χ0n) is 12.4. The maximum atomic E-state index is 11.8. The quantitative estimate of drug-likeness (QED) is 0.693. The first-order chi connectivity index (χ1) is 9.54. The first kappa shape index (κ1) is 17.6. The monoisotopic (exact) mass is 319 g/mol. The summed E-state index contributed by atoms with van der Waals surface area (Å²) in [5, 5.41) is 2.02. The molecule has 1 aromatic heterocycles. The lowest BCUT2D eigenvalue weighted by atomic mass is 10.2. The molecule has 0 amide bonds. The Bertz CT molecular complexity index is 456. The van der Waals surface area contributed by atoms with Gasteiger partial charge < -0.3 is 0 Å². The average Bonchev–Trinajstić information content (AvgIpc) is 2.95. The molecule has 0 aliphatic rings. The Balaban J connectivity index is 2.71. The van der Waals surface area contributed by atoms with Crippen LogP contribution in [0.3, 0.4) is 0 Å². The van der Waals surface area contributed by atoms with Crippen LogP contribution in [-0.2, 0) is 10.2 Å². The molecule has 1 unspecified atom stereocenters. The Morgan fingerprint density at radius 3 is 2.45 bits per heavy atom. The maximum absolute atomic E-state index is 11.8. The summed E-state index contributed by atoms with van der Waals surface area (Å²) in [6.45, 7) is 8.76. The van der Waals surface area contributed by atoms with Crippen molar-refractivity contribution in [2.24, 2.45) is 0 Å². The van der Waals surface area contributed by atoms with Gasteiger partial charge in [0.25, 0.3) is 10.2 Å². The maximum Gasteiger partial charge on any atom is 0.276 e. The third-order valence-corrected chi connectivity index (χ3v) is 5.24. The average molecular weight is 319 g/mol. The van der Waals surface area contributed by atoms with Gasteiger partial charge in [0, 0.05) is 18.0 Å². The first-order valence-corrected chi connectivity index (χ1v) is 9.42. The van der Waals surface area contributed by atoms with Gasteiger partial charge in [0.1, 0.15) is 0 Å². The van der Waals surface area contributed by atoms with Gasteiger partial charge in [0.2, 0.25) is 0 Å². The van der Waals surface area contributed by atoms with Gasteiger partial charge >= 0.3 is 0 Å². The van der Waals surface area contributed by atoms with Crippen LogP contribution in [-0.4, -0.2) is 39.5 Å². The summed E-state index contributed by atoms with van der Waals surface area (Å²) in [6, 6.07) is 4.14. The van der Waals surface area contributed by atoms with Gasteiger partial charge in [-0.05, 0) is 31.0 Å². The minimum absolute atomic E-state index is 0.0863. The molecule has 0 bridgehead atoms. The third kappa shape index (κ3) is 5.49. The van der Waals surface area contributed by atoms with E-state index < -0.39 is 10.2 Å². The van der Waals surface area contributed by atoms with Crippen LogP contribution in [0.1, 0.15) is 38.1 Å². The number of likely N-dealkylation sites (N-methyl/N-ethyl adjacent to an activating group) is 1. The third-order valence-electron chi connectivity index (χ3n) is 3.13. The lowest BCUT2D eigenvalue weighted by molar-refractivity contribution is 0.223. The summed E-state index contributed by atoms with van der Waals surface area (Å²) in [4.78, 5) is 3.45. The number of nitrogens with one attached hydrogen (secondary N) is 2. The Morgan fingerprint density at radius 1 is 1.25 bits per heavy atom. The van der Waals surface area contributed by atoms with E-state index >= 15 is 0 Å². The molecule has 1 aromatic rings. The van der Waals surface area contributed by atoms with E-state index in [2.05, 4.69) is 34.3 Å². The van der Waals surface area contributed by atoms with E-state index in [1.165, 1.54) is 4.88 Å². The second kappa shape index (κ2) is 8.74. The second-order valence-corrected chi connectivity index (χ2v) is 7.06. The lowest BCUT2D eigenvalue weighted by Crippen LogP contribution is -2.42. The van der Waals surface area contributed by atoms with E-state index in [1.54, 1.807) is 11.3 Å². The van der Waals surface area contributed by atoms with Gasteiger partial charge in [-0.3, -0.25) is 4.90 Å². The van der Waals surface area contributed by atoms with E-state index in [4.69, 9.17) is 0 Å². The molecule has 5 nitrogen and oxygen atoms in total. The van der Waals surface area contributed by atoms with Crippen LogP contribution < -0.4 is 9.44 Å². The summed E-state index contributed by atoms with van der Waals surface area (Å²) in [5.41, 5.74) is 0. The van der Waals surface area contributed by atoms with Gasteiger partial charge in [-0.2, -0.15) is 8.42 Å². The summed E-state index contributed by atoms with van der Waals surface area (Å²) in [7, 11) is -3.40. The number of thiophene rings is 1. The van der Waals surface area contributed by atoms with Crippen LogP contribution in [0.25, 0.3) is 0 Å². The molecule has 0 aliphatic carbocycles. The highest BCUT2D eigenvalue weighted by molar-refractivity contribution is 7.87. The van der Waals surface area contributed by atoms with Crippen LogP contribution in [0.4, 0.5) is 0 Å². The van der Waals surface area contributed by atoms with Crippen LogP contribution in [0.5, 0.6) is 0 Å². The van der Waals surface area contributed by atoms with E-state index in [0.717, 1.165) is 19.5 Å². The van der Waals surface area contributed by atoms with Gasteiger partial charge in [-0.25, -0.2) is 9.44 Å². The van der Waals surface area contributed by atoms with E-state index in [-0.39, 0.29) is 6.04 Å². The van der Waals surface area contributed by atoms with Crippen molar-refractivity contribution in [3.05, 3.63) is 22.4 Å². The molecule has 0 saturated carbocycles. The predicted octanol–water partition coefficient (Wildman–Crippen LogP) is 1.96. The van der Waals surface area contributed by atoms with Crippen LogP contribution in [0.15, 0.2) is 17.5 Å². The van der Waals surface area contributed by atoms with Crippen molar-refractivity contribution < 1.29 is 8.42 Å². The minimum atomic E-state index is -3.40. The molecular formula is C13H25N3O2S2. The molecule has 2 N–H and O–H groups in total. The molecule has 1 heterocycles. The number of rotatable bonds is 10. The Hall–Kier alpha value is -0.470. The molecule has 0 fully saturated rings. The summed E-state index contributed by atoms with van der Waals surface area (Å²) in [6.07, 6.45) is 0.783. The highest BCUT2D eigenvalue weighted by atomic mass is 32.2. The lowest BCUT2D eigenvalue weighted by Gasteiger charge is -2.29. The fourth-order valence-corrected chi connectivity index (χ4v) is 3.84. The molecule has 0 saturated heterocycles. The molecule has 116 valence electrons. The zero-order chi connectivity index (χ0) is 15.0. The van der Waals surface area contributed by atoms with Crippen molar-refractivity contribution >= 4 is 21.5 Å². The van der Waals surface area contributed by atoms with Crippen molar-refractivity contribution in [1.29, 1.82) is 0 Å². The smallest absolute Gasteiger partial charge is 0.276 e. The number of hydrogen-bond donors (Lipinski definition) is 2. The molecule has 0 aliphatic heterocycles. The largest absolute Gasteiger partial charge is 0.295 e. The predicted molar refractivity (Wildman–Crippen MR) is 85.2 cm³/mol. The fourth-order valence-electron chi connectivity index (χ4n) is 2.03. The van der Waals surface area contributed by atoms with E-state index in [9.17, 15) is 8.42 Å². The molecule has 0 aromatic carbocycles. The Labute approximate surface area is 126 Å². The summed E-state index contributed by atoms with van der Waals surface area (Å²) >= 11 is 1.66. The van der Waals surface area contributed by atoms with Gasteiger partial charge in [0.05, 0.1) is 6.04 Å². The van der Waals surface area contributed by atoms with Crippen LogP contribution >= 0.6 is 11.3 Å². The van der Waals surface area contributed by atoms with Gasteiger partial charge in [0.15, 0.2) is 0 Å². The molecule has 7 heteroatoms. The van der Waals surface area contributed by atoms with Gasteiger partial charge in [-0.1, -0.05) is 26.8 Å². The van der Waals surface area contributed by atoms with E-state index in [0.29, 0.717) is 13.1 Å². The van der Waals surface area contributed by atoms with Crippen molar-refractivity contribution in [2.75, 3.05) is 26.2 Å². The Morgan fingerprint density at radius 2 is 1.95 bits per heavy atom. The number of nitrogens with zero attached hydrogens (tertiary/aromatic N) is 1. The molecule has 1 atom stereocenters. The van der Waals surface area contributed by atoms with Crippen molar-refractivity contribution in [3.8, 4) is 0 Å². The van der Waals surface area contributed by atoms with Crippen molar-refractivity contribution in [1.82, 2.24) is 14.3 Å². The number of hydrogen-bond acceptors (Lipinski definition) is 4. The van der Waals surface area contributed by atoms with Crippen molar-refractivity contribution in [3.63, 3.8) is 0 Å². The fraction of sp³-hybridized carbons (Fsp3) is 0.692. The normalized spacial score (nSPS) is 13.8. The highest BCUT2D eigenvalue weighted by Crippen LogP contribution is 2.24. The molecular weight excluding hydrogens is 294 g/mol. The van der Waals surface area contributed by atoms with Crippen molar-refractivity contribution in [2.45, 2.75) is 33.2 Å². The molecule has 0 spiro atoms. The van der Waals surface area contributed by atoms with Crippen LogP contribution in [0.2, 0.25) is 0 Å². The first-order valence-electron chi connectivity index (χ1n) is 7.05. The zero-order valence-corrected chi connectivity index (χ0v) is 14.1. The van der Waals surface area contributed by atoms with Gasteiger partial charge in [-0.15, -0.1) is 11.3 Å². The Kier molecular flexibility index (Phi) is 7.68. The minimum Gasteiger partial charge on any atom is -0.295 e.